The molecule has 1 heterocycles. The average Bonchev–Trinajstić information content (AvgIpc) is 2.82. The minimum Gasteiger partial charge on any atom is -0.435 e. The average molecular weight is 271 g/mol. The lowest BCUT2D eigenvalue weighted by Gasteiger charge is -2.10. The number of hydrogen-bond acceptors (Lipinski definition) is 4. The monoisotopic (exact) mass is 271 g/mol. The van der Waals surface area contributed by atoms with Crippen molar-refractivity contribution in [2.45, 2.75) is 23.9 Å². The van der Waals surface area contributed by atoms with Crippen LogP contribution < -0.4 is 4.74 Å². The van der Waals surface area contributed by atoms with E-state index in [2.05, 4.69) is 19.9 Å². The third-order valence-electron chi connectivity index (χ3n) is 2.26. The Balaban J connectivity index is 2.00. The summed E-state index contributed by atoms with van der Waals surface area (Å²) < 4.78 is 28.3. The van der Waals surface area contributed by atoms with Crippen LogP contribution in [0.25, 0.3) is 0 Å². The predicted octanol–water partition coefficient (Wildman–Crippen LogP) is 3.26. The lowest BCUT2D eigenvalue weighted by Crippen LogP contribution is -2.01. The van der Waals surface area contributed by atoms with Crippen LogP contribution in [0.2, 0.25) is 0 Å². The Bertz CT molecular complexity index is 476. The van der Waals surface area contributed by atoms with Gasteiger partial charge in [0.1, 0.15) is 12.1 Å². The zero-order valence-electron chi connectivity index (χ0n) is 9.51. The first-order valence-electron chi connectivity index (χ1n) is 5.22. The standard InChI is InChI=1S/C11H11F2N3OS/c1-7(18-11-14-6-15-16-11)8-2-4-9(5-3-8)17-10(12)13/h2-7,10H,1H3,(H,14,15,16)/t7-/m1/s1. The molecule has 2 rings (SSSR count). The van der Waals surface area contributed by atoms with Gasteiger partial charge in [0.25, 0.3) is 0 Å². The molecule has 1 aromatic heterocycles. The zero-order valence-corrected chi connectivity index (χ0v) is 10.3. The van der Waals surface area contributed by atoms with Crippen LogP contribution in [0.1, 0.15) is 17.7 Å². The van der Waals surface area contributed by atoms with E-state index in [9.17, 15) is 8.78 Å². The highest BCUT2D eigenvalue weighted by Crippen LogP contribution is 2.33. The number of benzene rings is 1. The Morgan fingerprint density at radius 2 is 2.00 bits per heavy atom. The van der Waals surface area contributed by atoms with E-state index in [-0.39, 0.29) is 11.0 Å². The molecule has 4 nitrogen and oxygen atoms in total. The quantitative estimate of drug-likeness (QED) is 0.848. The van der Waals surface area contributed by atoms with Crippen molar-refractivity contribution in [3.63, 3.8) is 0 Å². The number of halogens is 2. The number of alkyl halides is 2. The second-order valence-corrected chi connectivity index (χ2v) is 4.83. The molecular weight excluding hydrogens is 260 g/mol. The number of aromatic amines is 1. The van der Waals surface area contributed by atoms with Crippen molar-refractivity contribution in [2.75, 3.05) is 0 Å². The largest absolute Gasteiger partial charge is 0.435 e. The number of rotatable bonds is 5. The van der Waals surface area contributed by atoms with E-state index in [1.165, 1.54) is 30.2 Å². The highest BCUT2D eigenvalue weighted by Gasteiger charge is 2.10. The summed E-state index contributed by atoms with van der Waals surface area (Å²) >= 11 is 1.50. The van der Waals surface area contributed by atoms with Gasteiger partial charge in [0.05, 0.1) is 0 Å². The van der Waals surface area contributed by atoms with Crippen LogP contribution in [0.15, 0.2) is 35.7 Å². The Labute approximate surface area is 107 Å². The van der Waals surface area contributed by atoms with Crippen LogP contribution in [-0.4, -0.2) is 21.8 Å². The molecule has 2 aromatic rings. The van der Waals surface area contributed by atoms with E-state index in [0.717, 1.165) is 10.7 Å². The first-order valence-corrected chi connectivity index (χ1v) is 6.10. The van der Waals surface area contributed by atoms with Crippen molar-refractivity contribution in [3.05, 3.63) is 36.2 Å². The molecule has 0 aliphatic carbocycles. The van der Waals surface area contributed by atoms with Gasteiger partial charge in [-0.05, 0) is 24.6 Å². The zero-order chi connectivity index (χ0) is 13.0. The van der Waals surface area contributed by atoms with E-state index in [4.69, 9.17) is 0 Å². The fraction of sp³-hybridized carbons (Fsp3) is 0.273. The van der Waals surface area contributed by atoms with Crippen LogP contribution in [0, 0.1) is 0 Å². The Kier molecular flexibility index (Phi) is 4.14. The first kappa shape index (κ1) is 12.8. The second-order valence-electron chi connectivity index (χ2n) is 3.50. The molecule has 96 valence electrons. The van der Waals surface area contributed by atoms with Gasteiger partial charge in [-0.15, -0.1) is 0 Å². The SMILES string of the molecule is C[C@@H](Sc1ncn[nH]1)c1ccc(OC(F)F)cc1. The molecule has 0 spiro atoms. The van der Waals surface area contributed by atoms with Gasteiger partial charge in [-0.25, -0.2) is 4.98 Å². The minimum atomic E-state index is -2.79. The van der Waals surface area contributed by atoms with Crippen LogP contribution >= 0.6 is 11.8 Å². The van der Waals surface area contributed by atoms with E-state index in [1.807, 2.05) is 6.92 Å². The molecule has 18 heavy (non-hydrogen) atoms. The summed E-state index contributed by atoms with van der Waals surface area (Å²) in [5.41, 5.74) is 0.998. The number of nitrogens with one attached hydrogen (secondary N) is 1. The maximum absolute atomic E-state index is 12.0. The maximum Gasteiger partial charge on any atom is 0.387 e. The number of aromatic nitrogens is 3. The van der Waals surface area contributed by atoms with Gasteiger partial charge >= 0.3 is 6.61 Å². The van der Waals surface area contributed by atoms with Gasteiger partial charge in [-0.2, -0.15) is 13.9 Å². The molecule has 0 saturated heterocycles. The first-order chi connectivity index (χ1) is 8.65. The topological polar surface area (TPSA) is 50.8 Å². The number of H-pyrrole nitrogens is 1. The molecule has 0 aliphatic rings. The molecule has 0 fully saturated rings. The fourth-order valence-corrected chi connectivity index (χ4v) is 2.25. The minimum absolute atomic E-state index is 0.138. The molecule has 7 heteroatoms. The summed E-state index contributed by atoms with van der Waals surface area (Å²) in [5.74, 6) is 0.158. The van der Waals surface area contributed by atoms with Gasteiger partial charge in [0.2, 0.25) is 0 Å². The molecule has 1 atom stereocenters. The van der Waals surface area contributed by atoms with Crippen LogP contribution in [0.3, 0.4) is 0 Å². The van der Waals surface area contributed by atoms with E-state index >= 15 is 0 Å². The Morgan fingerprint density at radius 3 is 2.56 bits per heavy atom. The lowest BCUT2D eigenvalue weighted by atomic mass is 10.2. The summed E-state index contributed by atoms with van der Waals surface area (Å²) in [6.45, 7) is -0.798. The van der Waals surface area contributed by atoms with Crippen molar-refractivity contribution in [1.29, 1.82) is 0 Å². The third-order valence-corrected chi connectivity index (χ3v) is 3.30. The smallest absolute Gasteiger partial charge is 0.387 e. The van der Waals surface area contributed by atoms with Gasteiger partial charge in [-0.1, -0.05) is 23.9 Å². The molecule has 0 saturated carbocycles. The molecule has 0 radical (unpaired) electrons. The molecule has 0 aliphatic heterocycles. The predicted molar refractivity (Wildman–Crippen MR) is 63.7 cm³/mol. The van der Waals surface area contributed by atoms with Crippen LogP contribution in [0.4, 0.5) is 8.78 Å². The molecule has 0 bridgehead atoms. The number of nitrogens with zero attached hydrogens (tertiary/aromatic N) is 2. The van der Waals surface area contributed by atoms with E-state index < -0.39 is 6.61 Å². The normalized spacial score (nSPS) is 12.7. The number of ether oxygens (including phenoxy) is 1. The van der Waals surface area contributed by atoms with Crippen LogP contribution in [0.5, 0.6) is 5.75 Å². The molecule has 1 N–H and O–H groups in total. The summed E-state index contributed by atoms with van der Waals surface area (Å²) in [4.78, 5) is 4.01. The lowest BCUT2D eigenvalue weighted by molar-refractivity contribution is -0.0498. The maximum atomic E-state index is 12.0. The molecule has 1 aromatic carbocycles. The van der Waals surface area contributed by atoms with Crippen molar-refractivity contribution >= 4 is 11.8 Å². The Hall–Kier alpha value is -1.63. The number of hydrogen-bond donors (Lipinski definition) is 1. The molecule has 0 unspecified atom stereocenters. The Morgan fingerprint density at radius 1 is 1.28 bits per heavy atom. The van der Waals surface area contributed by atoms with Gasteiger partial charge in [-0.3, -0.25) is 5.10 Å². The second kappa shape index (κ2) is 5.81. The van der Waals surface area contributed by atoms with Crippen LogP contribution in [-0.2, 0) is 0 Å². The summed E-state index contributed by atoms with van der Waals surface area (Å²) in [6, 6.07) is 6.56. The van der Waals surface area contributed by atoms with Crippen molar-refractivity contribution in [3.8, 4) is 5.75 Å². The summed E-state index contributed by atoms with van der Waals surface area (Å²) in [6.07, 6.45) is 1.44. The number of thioether (sulfide) groups is 1. The highest BCUT2D eigenvalue weighted by atomic mass is 32.2. The van der Waals surface area contributed by atoms with Crippen molar-refractivity contribution in [1.82, 2.24) is 15.2 Å². The highest BCUT2D eigenvalue weighted by molar-refractivity contribution is 7.99. The van der Waals surface area contributed by atoms with Gasteiger partial charge in [0.15, 0.2) is 5.16 Å². The fourth-order valence-electron chi connectivity index (χ4n) is 1.41. The molecule has 0 amide bonds. The van der Waals surface area contributed by atoms with Gasteiger partial charge < -0.3 is 4.74 Å². The third kappa shape index (κ3) is 3.43. The van der Waals surface area contributed by atoms with E-state index in [0.29, 0.717) is 0 Å². The summed E-state index contributed by atoms with van der Waals surface area (Å²) in [5, 5.41) is 7.36. The molecular formula is C11H11F2N3OS. The summed E-state index contributed by atoms with van der Waals surface area (Å²) in [7, 11) is 0. The van der Waals surface area contributed by atoms with Gasteiger partial charge in [0, 0.05) is 5.25 Å². The van der Waals surface area contributed by atoms with Crippen molar-refractivity contribution < 1.29 is 13.5 Å². The van der Waals surface area contributed by atoms with Crippen molar-refractivity contribution in [2.24, 2.45) is 0 Å². The van der Waals surface area contributed by atoms with E-state index in [1.54, 1.807) is 12.1 Å².